The number of rotatable bonds is 4. The molecule has 0 aromatic heterocycles. The molecule has 1 amide bonds. The van der Waals surface area contributed by atoms with Gasteiger partial charge in [-0.1, -0.05) is 18.2 Å². The van der Waals surface area contributed by atoms with E-state index in [9.17, 15) is 9.18 Å². The van der Waals surface area contributed by atoms with Crippen LogP contribution in [0.1, 0.15) is 5.56 Å². The number of nitrogens with one attached hydrogen (secondary N) is 1. The lowest BCUT2D eigenvalue weighted by atomic mass is 10.2. The lowest BCUT2D eigenvalue weighted by Crippen LogP contribution is -2.15. The fourth-order valence-corrected chi connectivity index (χ4v) is 2.52. The van der Waals surface area contributed by atoms with Crippen molar-refractivity contribution in [3.63, 3.8) is 0 Å². The molecular formula is C15H15FN2OS. The Morgan fingerprint density at radius 1 is 1.30 bits per heavy atom. The Bertz CT molecular complexity index is 631. The second-order valence-electron chi connectivity index (χ2n) is 4.33. The molecule has 2 aromatic carbocycles. The molecule has 0 bridgehead atoms. The lowest BCUT2D eigenvalue weighted by Gasteiger charge is -2.09. The molecule has 0 saturated carbocycles. The fourth-order valence-electron chi connectivity index (χ4n) is 1.70. The molecule has 0 spiro atoms. The van der Waals surface area contributed by atoms with Crippen LogP contribution >= 0.6 is 11.8 Å². The minimum Gasteiger partial charge on any atom is -0.397 e. The first-order valence-electron chi connectivity index (χ1n) is 6.09. The van der Waals surface area contributed by atoms with Crippen molar-refractivity contribution >= 4 is 29.0 Å². The average molecular weight is 290 g/mol. The van der Waals surface area contributed by atoms with E-state index in [0.29, 0.717) is 5.69 Å². The van der Waals surface area contributed by atoms with Gasteiger partial charge in [-0.05, 0) is 36.8 Å². The topological polar surface area (TPSA) is 55.1 Å². The largest absolute Gasteiger partial charge is 0.397 e. The minimum atomic E-state index is -0.421. The molecule has 20 heavy (non-hydrogen) atoms. The fraction of sp³-hybridized carbons (Fsp3) is 0.133. The predicted octanol–water partition coefficient (Wildman–Crippen LogP) is 3.45. The molecule has 3 nitrogen and oxygen atoms in total. The van der Waals surface area contributed by atoms with E-state index in [1.54, 1.807) is 0 Å². The van der Waals surface area contributed by atoms with Crippen LogP contribution < -0.4 is 11.1 Å². The predicted molar refractivity (Wildman–Crippen MR) is 81.3 cm³/mol. The molecule has 2 rings (SSSR count). The number of anilines is 2. The standard InChI is InChI=1S/C15H15FN2OS/c1-10-4-2-3-5-14(10)20-9-15(19)18-13-7-6-11(16)8-12(13)17/h2-8H,9,17H2,1H3,(H,18,19). The zero-order chi connectivity index (χ0) is 14.5. The summed E-state index contributed by atoms with van der Waals surface area (Å²) in [5.74, 6) is -0.312. The Morgan fingerprint density at radius 3 is 2.75 bits per heavy atom. The molecule has 0 radical (unpaired) electrons. The quantitative estimate of drug-likeness (QED) is 0.670. The van der Waals surface area contributed by atoms with Gasteiger partial charge in [0.25, 0.3) is 0 Å². The summed E-state index contributed by atoms with van der Waals surface area (Å²) < 4.78 is 12.9. The zero-order valence-corrected chi connectivity index (χ0v) is 11.8. The van der Waals surface area contributed by atoms with Crippen LogP contribution in [0.2, 0.25) is 0 Å². The van der Waals surface area contributed by atoms with Crippen molar-refractivity contribution < 1.29 is 9.18 Å². The molecule has 104 valence electrons. The maximum absolute atomic E-state index is 12.9. The van der Waals surface area contributed by atoms with E-state index in [1.165, 1.54) is 30.0 Å². The van der Waals surface area contributed by atoms with E-state index in [0.717, 1.165) is 10.5 Å². The highest BCUT2D eigenvalue weighted by Crippen LogP contribution is 2.23. The van der Waals surface area contributed by atoms with Crippen molar-refractivity contribution in [2.75, 3.05) is 16.8 Å². The molecule has 3 N–H and O–H groups in total. The third-order valence-electron chi connectivity index (χ3n) is 2.74. The van der Waals surface area contributed by atoms with Crippen LogP contribution in [0.3, 0.4) is 0 Å². The Balaban J connectivity index is 1.94. The van der Waals surface area contributed by atoms with Crippen molar-refractivity contribution in [2.24, 2.45) is 0 Å². The zero-order valence-electron chi connectivity index (χ0n) is 11.0. The van der Waals surface area contributed by atoms with Crippen molar-refractivity contribution in [2.45, 2.75) is 11.8 Å². The summed E-state index contributed by atoms with van der Waals surface area (Å²) in [6.45, 7) is 2.00. The monoisotopic (exact) mass is 290 g/mol. The maximum atomic E-state index is 12.9. The van der Waals surface area contributed by atoms with Gasteiger partial charge in [0.1, 0.15) is 5.82 Å². The van der Waals surface area contributed by atoms with E-state index in [-0.39, 0.29) is 17.3 Å². The molecule has 0 atom stereocenters. The van der Waals surface area contributed by atoms with Crippen LogP contribution in [0.25, 0.3) is 0 Å². The van der Waals surface area contributed by atoms with Crippen LogP contribution in [-0.2, 0) is 4.79 Å². The molecule has 0 aliphatic heterocycles. The molecule has 0 aliphatic rings. The molecule has 0 fully saturated rings. The normalized spacial score (nSPS) is 10.3. The smallest absolute Gasteiger partial charge is 0.234 e. The third kappa shape index (κ3) is 3.74. The van der Waals surface area contributed by atoms with Crippen LogP contribution in [-0.4, -0.2) is 11.7 Å². The van der Waals surface area contributed by atoms with Crippen molar-refractivity contribution in [3.8, 4) is 0 Å². The number of aryl methyl sites for hydroxylation is 1. The van der Waals surface area contributed by atoms with Gasteiger partial charge in [-0.25, -0.2) is 4.39 Å². The van der Waals surface area contributed by atoms with Crippen LogP contribution in [0, 0.1) is 12.7 Å². The highest BCUT2D eigenvalue weighted by molar-refractivity contribution is 8.00. The highest BCUT2D eigenvalue weighted by atomic mass is 32.2. The van der Waals surface area contributed by atoms with Gasteiger partial charge in [0, 0.05) is 4.90 Å². The molecule has 5 heteroatoms. The number of carbonyl (C=O) groups excluding carboxylic acids is 1. The average Bonchev–Trinajstić information content (AvgIpc) is 2.41. The summed E-state index contributed by atoms with van der Waals surface area (Å²) in [6.07, 6.45) is 0. The second-order valence-corrected chi connectivity index (χ2v) is 5.35. The first-order chi connectivity index (χ1) is 9.56. The van der Waals surface area contributed by atoms with Gasteiger partial charge in [-0.2, -0.15) is 0 Å². The van der Waals surface area contributed by atoms with Crippen molar-refractivity contribution in [1.29, 1.82) is 0 Å². The first-order valence-corrected chi connectivity index (χ1v) is 7.08. The number of hydrogen-bond donors (Lipinski definition) is 2. The molecular weight excluding hydrogens is 275 g/mol. The van der Waals surface area contributed by atoms with Gasteiger partial charge < -0.3 is 11.1 Å². The Morgan fingerprint density at radius 2 is 2.05 bits per heavy atom. The van der Waals surface area contributed by atoms with Crippen LogP contribution in [0.4, 0.5) is 15.8 Å². The SMILES string of the molecule is Cc1ccccc1SCC(=O)Nc1ccc(F)cc1N. The van der Waals surface area contributed by atoms with E-state index in [2.05, 4.69) is 5.32 Å². The highest BCUT2D eigenvalue weighted by Gasteiger charge is 2.07. The summed E-state index contributed by atoms with van der Waals surface area (Å²) in [7, 11) is 0. The number of carbonyl (C=O) groups is 1. The molecule has 0 heterocycles. The van der Waals surface area contributed by atoms with Gasteiger partial charge >= 0.3 is 0 Å². The number of amides is 1. The van der Waals surface area contributed by atoms with Crippen LogP contribution in [0.5, 0.6) is 0 Å². The third-order valence-corrected chi connectivity index (χ3v) is 3.92. The summed E-state index contributed by atoms with van der Waals surface area (Å²) in [6, 6.07) is 11.8. The van der Waals surface area contributed by atoms with Gasteiger partial charge in [0.15, 0.2) is 0 Å². The molecule has 0 unspecified atom stereocenters. The molecule has 0 saturated heterocycles. The second kappa shape index (κ2) is 6.43. The Kier molecular flexibility index (Phi) is 4.63. The van der Waals surface area contributed by atoms with Gasteiger partial charge in [0.2, 0.25) is 5.91 Å². The summed E-state index contributed by atoms with van der Waals surface area (Å²) in [5, 5.41) is 2.68. The van der Waals surface area contributed by atoms with Crippen molar-refractivity contribution in [1.82, 2.24) is 0 Å². The van der Waals surface area contributed by atoms with E-state index >= 15 is 0 Å². The summed E-state index contributed by atoms with van der Waals surface area (Å²) in [4.78, 5) is 12.9. The number of halogens is 1. The molecule has 2 aromatic rings. The Hall–Kier alpha value is -2.01. The lowest BCUT2D eigenvalue weighted by molar-refractivity contribution is -0.113. The number of thioether (sulfide) groups is 1. The first kappa shape index (κ1) is 14.4. The van der Waals surface area contributed by atoms with Crippen LogP contribution in [0.15, 0.2) is 47.4 Å². The number of nitrogen functional groups attached to an aromatic ring is 1. The number of benzene rings is 2. The van der Waals surface area contributed by atoms with E-state index in [4.69, 9.17) is 5.73 Å². The summed E-state index contributed by atoms with van der Waals surface area (Å²) in [5.41, 5.74) is 7.42. The van der Waals surface area contributed by atoms with Gasteiger partial charge in [0.05, 0.1) is 17.1 Å². The van der Waals surface area contributed by atoms with Gasteiger partial charge in [-0.3, -0.25) is 4.79 Å². The summed E-state index contributed by atoms with van der Waals surface area (Å²) >= 11 is 1.46. The number of hydrogen-bond acceptors (Lipinski definition) is 3. The minimum absolute atomic E-state index is 0.170. The number of nitrogens with two attached hydrogens (primary N) is 1. The van der Waals surface area contributed by atoms with E-state index in [1.807, 2.05) is 31.2 Å². The Labute approximate surface area is 121 Å². The maximum Gasteiger partial charge on any atom is 0.234 e. The van der Waals surface area contributed by atoms with E-state index < -0.39 is 5.82 Å². The van der Waals surface area contributed by atoms with Crippen molar-refractivity contribution in [3.05, 3.63) is 53.8 Å². The molecule has 0 aliphatic carbocycles. The van der Waals surface area contributed by atoms with Gasteiger partial charge in [-0.15, -0.1) is 11.8 Å².